The lowest BCUT2D eigenvalue weighted by atomic mass is 10.0. The zero-order chi connectivity index (χ0) is 19.7. The Balaban J connectivity index is 1.50. The highest BCUT2D eigenvalue weighted by Crippen LogP contribution is 2.38. The van der Waals surface area contributed by atoms with Gasteiger partial charge in [0.25, 0.3) is 5.91 Å². The molecule has 2 aromatic carbocycles. The van der Waals surface area contributed by atoms with Crippen molar-refractivity contribution in [3.05, 3.63) is 76.7 Å². The molecule has 0 saturated carbocycles. The normalized spacial score (nSPS) is 15.0. The molecule has 1 amide bonds. The van der Waals surface area contributed by atoms with Gasteiger partial charge in [-0.3, -0.25) is 14.8 Å². The van der Waals surface area contributed by atoms with Crippen molar-refractivity contribution in [1.29, 1.82) is 0 Å². The lowest BCUT2D eigenvalue weighted by molar-refractivity contribution is 0.0933. The van der Waals surface area contributed by atoms with Crippen LogP contribution in [0.4, 0.5) is 0 Å². The molecule has 2 heterocycles. The molecule has 28 heavy (non-hydrogen) atoms. The van der Waals surface area contributed by atoms with Gasteiger partial charge in [-0.1, -0.05) is 18.2 Å². The number of hydrogen-bond donors (Lipinski definition) is 1. The van der Waals surface area contributed by atoms with Crippen molar-refractivity contribution >= 4 is 5.91 Å². The van der Waals surface area contributed by atoms with Crippen LogP contribution in [-0.2, 0) is 6.42 Å². The molecule has 0 saturated heterocycles. The standard InChI is InChI=1S/C23H23N3O2/c1-14-9-17-11-18(12-26-23(27)19-6-4-5-15(2)16(19)3)28-22(17)20(10-14)21-13-24-7-8-25-21/h4-10,13,18H,11-12H2,1-3H3,(H,26,27)/t18-/m0/s1. The van der Waals surface area contributed by atoms with Gasteiger partial charge < -0.3 is 10.1 Å². The van der Waals surface area contributed by atoms with E-state index >= 15 is 0 Å². The maximum absolute atomic E-state index is 12.6. The minimum Gasteiger partial charge on any atom is -0.487 e. The van der Waals surface area contributed by atoms with Gasteiger partial charge in [0.1, 0.15) is 11.9 Å². The molecular formula is C23H23N3O2. The van der Waals surface area contributed by atoms with E-state index in [0.29, 0.717) is 12.1 Å². The summed E-state index contributed by atoms with van der Waals surface area (Å²) in [5.74, 6) is 0.781. The summed E-state index contributed by atoms with van der Waals surface area (Å²) in [6.07, 6.45) is 5.75. The van der Waals surface area contributed by atoms with Gasteiger partial charge in [0.05, 0.1) is 18.4 Å². The van der Waals surface area contributed by atoms with Crippen LogP contribution in [0.1, 0.15) is 32.6 Å². The van der Waals surface area contributed by atoms with Crippen LogP contribution in [0.3, 0.4) is 0 Å². The number of amides is 1. The fourth-order valence-corrected chi connectivity index (χ4v) is 3.63. The first-order valence-electron chi connectivity index (χ1n) is 9.44. The van der Waals surface area contributed by atoms with Crippen LogP contribution >= 0.6 is 0 Å². The average molecular weight is 373 g/mol. The summed E-state index contributed by atoms with van der Waals surface area (Å²) in [6.45, 7) is 6.51. The molecule has 1 atom stereocenters. The van der Waals surface area contributed by atoms with Gasteiger partial charge in [0, 0.05) is 29.9 Å². The molecule has 1 aliphatic rings. The van der Waals surface area contributed by atoms with Crippen LogP contribution in [0.5, 0.6) is 5.75 Å². The summed E-state index contributed by atoms with van der Waals surface area (Å²) in [7, 11) is 0. The largest absolute Gasteiger partial charge is 0.487 e. The molecule has 4 rings (SSSR count). The van der Waals surface area contributed by atoms with Gasteiger partial charge >= 0.3 is 0 Å². The molecule has 1 N–H and O–H groups in total. The van der Waals surface area contributed by atoms with Gasteiger partial charge in [-0.05, 0) is 55.2 Å². The van der Waals surface area contributed by atoms with Gasteiger partial charge in [-0.15, -0.1) is 0 Å². The molecule has 1 aromatic heterocycles. The number of carbonyl (C=O) groups excluding carboxylic acids is 1. The Labute approximate surface area is 164 Å². The van der Waals surface area contributed by atoms with Crippen molar-refractivity contribution in [1.82, 2.24) is 15.3 Å². The van der Waals surface area contributed by atoms with Crippen molar-refractivity contribution < 1.29 is 9.53 Å². The van der Waals surface area contributed by atoms with Crippen LogP contribution in [0.25, 0.3) is 11.3 Å². The quantitative estimate of drug-likeness (QED) is 0.755. The maximum atomic E-state index is 12.6. The van der Waals surface area contributed by atoms with E-state index in [9.17, 15) is 4.79 Å². The van der Waals surface area contributed by atoms with Crippen molar-refractivity contribution in [3.8, 4) is 17.0 Å². The molecular weight excluding hydrogens is 350 g/mol. The number of nitrogens with zero attached hydrogens (tertiary/aromatic N) is 2. The van der Waals surface area contributed by atoms with E-state index in [1.54, 1.807) is 18.6 Å². The Morgan fingerprint density at radius 3 is 2.86 bits per heavy atom. The molecule has 0 unspecified atom stereocenters. The van der Waals surface area contributed by atoms with E-state index in [1.165, 1.54) is 0 Å². The Morgan fingerprint density at radius 1 is 1.21 bits per heavy atom. The minimum absolute atomic E-state index is 0.0638. The number of aryl methyl sites for hydroxylation is 2. The number of aromatic nitrogens is 2. The van der Waals surface area contributed by atoms with E-state index in [0.717, 1.165) is 45.7 Å². The molecule has 142 valence electrons. The highest BCUT2D eigenvalue weighted by atomic mass is 16.5. The highest BCUT2D eigenvalue weighted by molar-refractivity contribution is 5.95. The molecule has 0 bridgehead atoms. The average Bonchev–Trinajstić information content (AvgIpc) is 3.11. The third-order valence-electron chi connectivity index (χ3n) is 5.22. The van der Waals surface area contributed by atoms with Crippen LogP contribution in [0.2, 0.25) is 0 Å². The van der Waals surface area contributed by atoms with Gasteiger partial charge in [-0.2, -0.15) is 0 Å². The lowest BCUT2D eigenvalue weighted by Crippen LogP contribution is -2.34. The van der Waals surface area contributed by atoms with Gasteiger partial charge in [0.2, 0.25) is 0 Å². The third-order valence-corrected chi connectivity index (χ3v) is 5.22. The van der Waals surface area contributed by atoms with E-state index in [1.807, 2.05) is 32.0 Å². The molecule has 0 aliphatic carbocycles. The fraction of sp³-hybridized carbons (Fsp3) is 0.261. The first kappa shape index (κ1) is 18.2. The van der Waals surface area contributed by atoms with Crippen molar-refractivity contribution in [2.24, 2.45) is 0 Å². The van der Waals surface area contributed by atoms with E-state index < -0.39 is 0 Å². The van der Waals surface area contributed by atoms with Crippen LogP contribution in [0, 0.1) is 20.8 Å². The summed E-state index contributed by atoms with van der Waals surface area (Å²) in [6, 6.07) is 9.99. The zero-order valence-electron chi connectivity index (χ0n) is 16.3. The smallest absolute Gasteiger partial charge is 0.251 e. The molecule has 0 spiro atoms. The number of rotatable bonds is 4. The molecule has 0 radical (unpaired) electrons. The number of ether oxygens (including phenoxy) is 1. The SMILES string of the molecule is Cc1cc2c(c(-c3cnccn3)c1)O[C@H](CNC(=O)c1cccc(C)c1C)C2. The predicted octanol–water partition coefficient (Wildman–Crippen LogP) is 3.80. The Morgan fingerprint density at radius 2 is 2.07 bits per heavy atom. The predicted molar refractivity (Wildman–Crippen MR) is 109 cm³/mol. The third kappa shape index (κ3) is 3.48. The Hall–Kier alpha value is -3.21. The summed E-state index contributed by atoms with van der Waals surface area (Å²) >= 11 is 0. The second-order valence-electron chi connectivity index (χ2n) is 7.29. The van der Waals surface area contributed by atoms with Gasteiger partial charge in [-0.25, -0.2) is 0 Å². The summed E-state index contributed by atoms with van der Waals surface area (Å²) < 4.78 is 6.21. The van der Waals surface area contributed by atoms with Crippen LogP contribution < -0.4 is 10.1 Å². The summed E-state index contributed by atoms with van der Waals surface area (Å²) in [4.78, 5) is 21.2. The molecule has 1 aliphatic heterocycles. The number of nitrogens with one attached hydrogen (secondary N) is 1. The van der Waals surface area contributed by atoms with E-state index in [-0.39, 0.29) is 12.0 Å². The maximum Gasteiger partial charge on any atom is 0.251 e. The van der Waals surface area contributed by atoms with E-state index in [2.05, 4.69) is 34.3 Å². The molecule has 5 nitrogen and oxygen atoms in total. The van der Waals surface area contributed by atoms with Crippen molar-refractivity contribution in [2.45, 2.75) is 33.3 Å². The minimum atomic E-state index is -0.0960. The molecule has 5 heteroatoms. The Bertz CT molecular complexity index is 1030. The van der Waals surface area contributed by atoms with Gasteiger partial charge in [0.15, 0.2) is 0 Å². The monoisotopic (exact) mass is 373 g/mol. The van der Waals surface area contributed by atoms with Crippen LogP contribution in [0.15, 0.2) is 48.9 Å². The summed E-state index contributed by atoms with van der Waals surface area (Å²) in [5, 5.41) is 3.03. The lowest BCUT2D eigenvalue weighted by Gasteiger charge is -2.14. The number of fused-ring (bicyclic) bond motifs is 1. The zero-order valence-corrected chi connectivity index (χ0v) is 16.3. The number of benzene rings is 2. The van der Waals surface area contributed by atoms with Crippen molar-refractivity contribution in [2.75, 3.05) is 6.54 Å². The molecule has 0 fully saturated rings. The molecule has 3 aromatic rings. The summed E-state index contributed by atoms with van der Waals surface area (Å²) in [5.41, 5.74) is 6.88. The van der Waals surface area contributed by atoms with E-state index in [4.69, 9.17) is 4.74 Å². The first-order valence-corrected chi connectivity index (χ1v) is 9.44. The topological polar surface area (TPSA) is 64.1 Å². The van der Waals surface area contributed by atoms with Crippen LogP contribution in [-0.4, -0.2) is 28.5 Å². The second kappa shape index (κ2) is 7.43. The first-order chi connectivity index (χ1) is 13.5. The Kier molecular flexibility index (Phi) is 4.82. The number of hydrogen-bond acceptors (Lipinski definition) is 4. The highest BCUT2D eigenvalue weighted by Gasteiger charge is 2.27. The van der Waals surface area contributed by atoms with Crippen molar-refractivity contribution in [3.63, 3.8) is 0 Å². The number of carbonyl (C=O) groups is 1. The fourth-order valence-electron chi connectivity index (χ4n) is 3.63. The second-order valence-corrected chi connectivity index (χ2v) is 7.29.